The van der Waals surface area contributed by atoms with Crippen LogP contribution < -0.4 is 9.64 Å². The van der Waals surface area contributed by atoms with Crippen LogP contribution >= 0.6 is 0 Å². The summed E-state index contributed by atoms with van der Waals surface area (Å²) >= 11 is 0. The number of hydrogen-bond acceptors (Lipinski definition) is 7. The van der Waals surface area contributed by atoms with Crippen molar-refractivity contribution in [1.82, 2.24) is 24.9 Å². The van der Waals surface area contributed by atoms with E-state index >= 15 is 0 Å². The van der Waals surface area contributed by atoms with Crippen molar-refractivity contribution >= 4 is 5.82 Å². The lowest BCUT2D eigenvalue weighted by Gasteiger charge is -2.33. The zero-order valence-electron chi connectivity index (χ0n) is 15.3. The number of piperidine rings is 1. The van der Waals surface area contributed by atoms with Crippen molar-refractivity contribution in [2.24, 2.45) is 0 Å². The van der Waals surface area contributed by atoms with Gasteiger partial charge < -0.3 is 9.64 Å². The highest BCUT2D eigenvalue weighted by atomic mass is 19.4. The van der Waals surface area contributed by atoms with E-state index in [4.69, 9.17) is 4.74 Å². The van der Waals surface area contributed by atoms with Gasteiger partial charge in [-0.3, -0.25) is 9.97 Å². The molecule has 0 unspecified atom stereocenters. The number of halogens is 3. The lowest BCUT2D eigenvalue weighted by atomic mass is 10.1. The molecule has 0 N–H and O–H groups in total. The Morgan fingerprint density at radius 1 is 1.00 bits per heavy atom. The lowest BCUT2D eigenvalue weighted by molar-refractivity contribution is -0.141. The van der Waals surface area contributed by atoms with Crippen molar-refractivity contribution in [3.8, 4) is 17.3 Å². The van der Waals surface area contributed by atoms with Crippen LogP contribution in [0.1, 0.15) is 18.5 Å². The number of alkyl halides is 3. The summed E-state index contributed by atoms with van der Waals surface area (Å²) in [6.07, 6.45) is 4.24. The Kier molecular flexibility index (Phi) is 5.24. The number of anilines is 1. The predicted molar refractivity (Wildman–Crippen MR) is 98.2 cm³/mol. The molecule has 0 aliphatic carbocycles. The number of rotatable bonds is 4. The summed E-state index contributed by atoms with van der Waals surface area (Å²) in [5.41, 5.74) is -0.542. The Hall–Kier alpha value is -3.30. The molecule has 1 fully saturated rings. The van der Waals surface area contributed by atoms with Gasteiger partial charge >= 0.3 is 6.18 Å². The number of pyridine rings is 1. The average Bonchev–Trinajstić information content (AvgIpc) is 2.75. The molecule has 0 spiro atoms. The van der Waals surface area contributed by atoms with Crippen LogP contribution in [-0.2, 0) is 6.18 Å². The van der Waals surface area contributed by atoms with Gasteiger partial charge in [-0.05, 0) is 12.1 Å². The van der Waals surface area contributed by atoms with Crippen LogP contribution in [0.3, 0.4) is 0 Å². The fourth-order valence-electron chi connectivity index (χ4n) is 3.09. The van der Waals surface area contributed by atoms with E-state index in [1.54, 1.807) is 30.7 Å². The number of nitrogens with zero attached hydrogens (tertiary/aromatic N) is 6. The topological polar surface area (TPSA) is 76.9 Å². The Morgan fingerprint density at radius 3 is 2.45 bits per heavy atom. The van der Waals surface area contributed by atoms with Crippen molar-refractivity contribution in [2.75, 3.05) is 18.0 Å². The van der Waals surface area contributed by atoms with Crippen LogP contribution in [0.4, 0.5) is 19.0 Å². The lowest BCUT2D eigenvalue weighted by Crippen LogP contribution is -2.39. The number of ether oxygens (including phenoxy) is 1. The third kappa shape index (κ3) is 4.58. The zero-order valence-corrected chi connectivity index (χ0v) is 15.3. The first-order valence-electron chi connectivity index (χ1n) is 9.03. The summed E-state index contributed by atoms with van der Waals surface area (Å²) in [6, 6.07) is 4.25. The van der Waals surface area contributed by atoms with E-state index in [2.05, 4.69) is 24.9 Å². The molecule has 3 aromatic heterocycles. The first kappa shape index (κ1) is 19.0. The summed E-state index contributed by atoms with van der Waals surface area (Å²) in [6.45, 7) is 1.01. The third-order valence-corrected chi connectivity index (χ3v) is 4.52. The van der Waals surface area contributed by atoms with Gasteiger partial charge in [0.2, 0.25) is 5.88 Å². The molecule has 4 heterocycles. The van der Waals surface area contributed by atoms with E-state index in [0.29, 0.717) is 37.4 Å². The van der Waals surface area contributed by atoms with Crippen LogP contribution in [0.2, 0.25) is 0 Å². The van der Waals surface area contributed by atoms with Crippen molar-refractivity contribution in [3.63, 3.8) is 0 Å². The van der Waals surface area contributed by atoms with Crippen LogP contribution in [0.15, 0.2) is 49.2 Å². The van der Waals surface area contributed by atoms with E-state index < -0.39 is 11.9 Å². The Labute approximate surface area is 164 Å². The van der Waals surface area contributed by atoms with Gasteiger partial charge in [0.25, 0.3) is 0 Å². The van der Waals surface area contributed by atoms with Crippen molar-refractivity contribution in [1.29, 1.82) is 0 Å². The smallest absolute Gasteiger partial charge is 0.433 e. The van der Waals surface area contributed by atoms with E-state index in [9.17, 15) is 13.2 Å². The summed E-state index contributed by atoms with van der Waals surface area (Å²) in [7, 11) is 0. The van der Waals surface area contributed by atoms with Crippen molar-refractivity contribution < 1.29 is 17.9 Å². The van der Waals surface area contributed by atoms with Gasteiger partial charge in [0.1, 0.15) is 11.9 Å². The third-order valence-electron chi connectivity index (χ3n) is 4.52. The summed E-state index contributed by atoms with van der Waals surface area (Å²) < 4.78 is 45.9. The summed E-state index contributed by atoms with van der Waals surface area (Å²) in [5, 5.41) is 0. The van der Waals surface area contributed by atoms with E-state index in [1.807, 2.05) is 4.90 Å². The number of aromatic nitrogens is 5. The Balaban J connectivity index is 1.54. The zero-order chi connectivity index (χ0) is 20.3. The van der Waals surface area contributed by atoms with E-state index in [1.165, 1.54) is 12.4 Å². The van der Waals surface area contributed by atoms with Crippen LogP contribution in [-0.4, -0.2) is 44.1 Å². The monoisotopic (exact) mass is 402 g/mol. The molecule has 3 aromatic rings. The molecular formula is C19H17F3N6O. The van der Waals surface area contributed by atoms with Crippen LogP contribution in [0.5, 0.6) is 5.88 Å². The fourth-order valence-corrected chi connectivity index (χ4v) is 3.09. The first-order chi connectivity index (χ1) is 14.0. The molecule has 1 saturated heterocycles. The van der Waals surface area contributed by atoms with Gasteiger partial charge in [-0.25, -0.2) is 15.0 Å². The molecule has 0 atom stereocenters. The number of hydrogen-bond donors (Lipinski definition) is 0. The maximum absolute atomic E-state index is 13.4. The fraction of sp³-hybridized carbons (Fsp3) is 0.316. The average molecular weight is 402 g/mol. The van der Waals surface area contributed by atoms with Crippen LogP contribution in [0, 0.1) is 0 Å². The molecular weight excluding hydrogens is 385 g/mol. The molecule has 150 valence electrons. The Morgan fingerprint density at radius 2 is 1.79 bits per heavy atom. The predicted octanol–water partition coefficient (Wildman–Crippen LogP) is 3.40. The van der Waals surface area contributed by atoms with E-state index in [-0.39, 0.29) is 17.7 Å². The minimum atomic E-state index is -4.57. The van der Waals surface area contributed by atoms with E-state index in [0.717, 1.165) is 6.07 Å². The molecule has 0 radical (unpaired) electrons. The van der Waals surface area contributed by atoms with Gasteiger partial charge in [-0.2, -0.15) is 13.2 Å². The van der Waals surface area contributed by atoms with Gasteiger partial charge in [0, 0.05) is 62.3 Å². The molecule has 29 heavy (non-hydrogen) atoms. The molecule has 7 nitrogen and oxygen atoms in total. The van der Waals surface area contributed by atoms with Gasteiger partial charge in [0.05, 0.1) is 6.20 Å². The largest absolute Gasteiger partial charge is 0.473 e. The van der Waals surface area contributed by atoms with Crippen molar-refractivity contribution in [3.05, 3.63) is 54.9 Å². The molecule has 0 aromatic carbocycles. The Bertz CT molecular complexity index is 947. The second kappa shape index (κ2) is 7.98. The second-order valence-corrected chi connectivity index (χ2v) is 6.52. The normalized spacial score (nSPS) is 15.3. The summed E-state index contributed by atoms with van der Waals surface area (Å²) in [4.78, 5) is 21.9. The quantitative estimate of drug-likeness (QED) is 0.662. The minimum absolute atomic E-state index is 0.000795. The molecule has 4 rings (SSSR count). The van der Waals surface area contributed by atoms with Crippen LogP contribution in [0.25, 0.3) is 11.4 Å². The molecule has 0 bridgehead atoms. The molecule has 1 aliphatic rings. The minimum Gasteiger partial charge on any atom is -0.473 e. The summed E-state index contributed by atoms with van der Waals surface area (Å²) in [5.74, 6) is 0.677. The highest BCUT2D eigenvalue weighted by Crippen LogP contribution is 2.32. The standard InChI is InChI=1S/C19H17F3N6O/c20-19(21,22)15-10-16(27-18(26-15)13-2-1-5-23-11-13)28-8-3-14(4-9-28)29-17-12-24-6-7-25-17/h1-2,5-7,10-12,14H,3-4,8-9H2. The van der Waals surface area contributed by atoms with Gasteiger partial charge in [-0.15, -0.1) is 0 Å². The molecule has 0 saturated carbocycles. The highest BCUT2D eigenvalue weighted by molar-refractivity contribution is 5.57. The molecule has 1 aliphatic heterocycles. The van der Waals surface area contributed by atoms with Gasteiger partial charge in [-0.1, -0.05) is 0 Å². The maximum atomic E-state index is 13.4. The van der Waals surface area contributed by atoms with Gasteiger partial charge in [0.15, 0.2) is 11.5 Å². The molecule has 0 amide bonds. The first-order valence-corrected chi connectivity index (χ1v) is 9.03. The SMILES string of the molecule is FC(F)(F)c1cc(N2CCC(Oc3cnccn3)CC2)nc(-c2cccnc2)n1. The molecule has 10 heteroatoms. The maximum Gasteiger partial charge on any atom is 0.433 e. The second-order valence-electron chi connectivity index (χ2n) is 6.52. The van der Waals surface area contributed by atoms with Crippen molar-refractivity contribution in [2.45, 2.75) is 25.1 Å². The highest BCUT2D eigenvalue weighted by Gasteiger charge is 2.35.